The Bertz CT molecular complexity index is 932. The standard InChI is InChI=1S/C22H23N3O2/c23-11-9-18-15-25(13-14-27-18)22(26)17-7-5-16(6-8-17)19-10-12-24-21-4-2-1-3-20(19)21/h1-8,10,12,18H,9,11,13-15,23H2. The zero-order chi connectivity index (χ0) is 18.6. The number of amides is 1. The van der Waals surface area contributed by atoms with Crippen LogP contribution in [-0.2, 0) is 4.74 Å². The van der Waals surface area contributed by atoms with Gasteiger partial charge in [0.15, 0.2) is 0 Å². The Morgan fingerprint density at radius 2 is 1.96 bits per heavy atom. The van der Waals surface area contributed by atoms with Crippen LogP contribution in [0.25, 0.3) is 22.0 Å². The molecule has 27 heavy (non-hydrogen) atoms. The smallest absolute Gasteiger partial charge is 0.254 e. The van der Waals surface area contributed by atoms with Gasteiger partial charge in [-0.2, -0.15) is 0 Å². The van der Waals surface area contributed by atoms with E-state index in [0.29, 0.717) is 31.8 Å². The summed E-state index contributed by atoms with van der Waals surface area (Å²) in [4.78, 5) is 19.1. The molecule has 1 amide bonds. The third-order valence-corrected chi connectivity index (χ3v) is 5.01. The van der Waals surface area contributed by atoms with E-state index in [1.54, 1.807) is 0 Å². The van der Waals surface area contributed by atoms with E-state index in [1.807, 2.05) is 59.6 Å². The minimum absolute atomic E-state index is 0.0372. The number of hydrogen-bond donors (Lipinski definition) is 1. The number of morpholine rings is 1. The Kier molecular flexibility index (Phi) is 5.14. The highest BCUT2D eigenvalue weighted by Crippen LogP contribution is 2.27. The van der Waals surface area contributed by atoms with E-state index in [2.05, 4.69) is 11.1 Å². The molecule has 1 fully saturated rings. The molecular formula is C22H23N3O2. The van der Waals surface area contributed by atoms with Gasteiger partial charge < -0.3 is 15.4 Å². The lowest BCUT2D eigenvalue weighted by molar-refractivity contribution is -0.0236. The largest absolute Gasteiger partial charge is 0.374 e. The van der Waals surface area contributed by atoms with E-state index >= 15 is 0 Å². The summed E-state index contributed by atoms with van der Waals surface area (Å²) in [5.41, 5.74) is 9.48. The fourth-order valence-corrected chi connectivity index (χ4v) is 3.59. The maximum Gasteiger partial charge on any atom is 0.254 e. The second-order valence-corrected chi connectivity index (χ2v) is 6.77. The van der Waals surface area contributed by atoms with Crippen molar-refractivity contribution in [3.05, 3.63) is 66.4 Å². The summed E-state index contributed by atoms with van der Waals surface area (Å²) in [7, 11) is 0. The lowest BCUT2D eigenvalue weighted by Crippen LogP contribution is -2.46. The number of nitrogens with zero attached hydrogens (tertiary/aromatic N) is 2. The van der Waals surface area contributed by atoms with E-state index < -0.39 is 0 Å². The van der Waals surface area contributed by atoms with Gasteiger partial charge >= 0.3 is 0 Å². The van der Waals surface area contributed by atoms with Gasteiger partial charge in [0.05, 0.1) is 18.2 Å². The maximum absolute atomic E-state index is 12.8. The molecule has 1 unspecified atom stereocenters. The number of pyridine rings is 1. The molecule has 0 bridgehead atoms. The quantitative estimate of drug-likeness (QED) is 0.775. The monoisotopic (exact) mass is 361 g/mol. The molecule has 5 nitrogen and oxygen atoms in total. The molecule has 138 valence electrons. The number of nitrogens with two attached hydrogens (primary N) is 1. The average molecular weight is 361 g/mol. The van der Waals surface area contributed by atoms with Crippen LogP contribution in [-0.4, -0.2) is 48.1 Å². The molecule has 2 N–H and O–H groups in total. The van der Waals surface area contributed by atoms with Crippen molar-refractivity contribution < 1.29 is 9.53 Å². The minimum atomic E-state index is 0.0372. The summed E-state index contributed by atoms with van der Waals surface area (Å²) >= 11 is 0. The van der Waals surface area contributed by atoms with Crippen molar-refractivity contribution in [3.63, 3.8) is 0 Å². The molecular weight excluding hydrogens is 338 g/mol. The Balaban J connectivity index is 1.56. The number of carbonyl (C=O) groups excluding carboxylic acids is 1. The predicted molar refractivity (Wildman–Crippen MR) is 106 cm³/mol. The number of para-hydroxylation sites is 1. The van der Waals surface area contributed by atoms with Crippen LogP contribution in [0.3, 0.4) is 0 Å². The van der Waals surface area contributed by atoms with Crippen molar-refractivity contribution >= 4 is 16.8 Å². The Morgan fingerprint density at radius 1 is 1.15 bits per heavy atom. The van der Waals surface area contributed by atoms with Gasteiger partial charge in [0.2, 0.25) is 0 Å². The van der Waals surface area contributed by atoms with Gasteiger partial charge in [-0.05, 0) is 48.4 Å². The van der Waals surface area contributed by atoms with Crippen LogP contribution in [0.4, 0.5) is 0 Å². The van der Waals surface area contributed by atoms with Gasteiger partial charge in [0.1, 0.15) is 0 Å². The first-order chi connectivity index (χ1) is 13.3. The number of benzene rings is 2. The highest BCUT2D eigenvalue weighted by atomic mass is 16.5. The zero-order valence-corrected chi connectivity index (χ0v) is 15.2. The lowest BCUT2D eigenvalue weighted by Gasteiger charge is -2.33. The van der Waals surface area contributed by atoms with Crippen LogP contribution < -0.4 is 5.73 Å². The van der Waals surface area contributed by atoms with Crippen LogP contribution in [0.1, 0.15) is 16.8 Å². The van der Waals surface area contributed by atoms with E-state index in [9.17, 15) is 4.79 Å². The van der Waals surface area contributed by atoms with Crippen molar-refractivity contribution in [2.75, 3.05) is 26.2 Å². The molecule has 5 heteroatoms. The molecule has 4 rings (SSSR count). The third kappa shape index (κ3) is 3.70. The number of carbonyl (C=O) groups is 1. The number of aromatic nitrogens is 1. The van der Waals surface area contributed by atoms with Crippen LogP contribution in [0.2, 0.25) is 0 Å². The molecule has 1 aliphatic rings. The fourth-order valence-electron chi connectivity index (χ4n) is 3.59. The summed E-state index contributed by atoms with van der Waals surface area (Å²) in [6.45, 7) is 2.36. The van der Waals surface area contributed by atoms with Crippen LogP contribution in [0.15, 0.2) is 60.8 Å². The average Bonchev–Trinajstić information content (AvgIpc) is 2.73. The molecule has 2 heterocycles. The topological polar surface area (TPSA) is 68.5 Å². The Morgan fingerprint density at radius 3 is 2.78 bits per heavy atom. The number of fused-ring (bicyclic) bond motifs is 1. The highest BCUT2D eigenvalue weighted by molar-refractivity contribution is 5.97. The van der Waals surface area contributed by atoms with Gasteiger partial charge in [0, 0.05) is 30.2 Å². The number of ether oxygens (including phenoxy) is 1. The summed E-state index contributed by atoms with van der Waals surface area (Å²) in [6.07, 6.45) is 2.63. The van der Waals surface area contributed by atoms with Gasteiger partial charge in [-0.3, -0.25) is 9.78 Å². The van der Waals surface area contributed by atoms with Crippen molar-refractivity contribution in [1.29, 1.82) is 0 Å². The SMILES string of the molecule is NCCC1CN(C(=O)c2ccc(-c3ccnc4ccccc34)cc2)CCO1. The molecule has 1 aromatic heterocycles. The molecule has 0 saturated carbocycles. The molecule has 0 spiro atoms. The normalized spacial score (nSPS) is 17.2. The van der Waals surface area contributed by atoms with E-state index in [0.717, 1.165) is 28.5 Å². The maximum atomic E-state index is 12.8. The summed E-state index contributed by atoms with van der Waals surface area (Å²) in [5, 5.41) is 1.11. The zero-order valence-electron chi connectivity index (χ0n) is 15.2. The van der Waals surface area contributed by atoms with Crippen molar-refractivity contribution in [2.45, 2.75) is 12.5 Å². The second-order valence-electron chi connectivity index (χ2n) is 6.77. The molecule has 1 saturated heterocycles. The van der Waals surface area contributed by atoms with Crippen LogP contribution in [0.5, 0.6) is 0 Å². The van der Waals surface area contributed by atoms with Gasteiger partial charge in [-0.25, -0.2) is 0 Å². The van der Waals surface area contributed by atoms with Gasteiger partial charge in [0.25, 0.3) is 5.91 Å². The first-order valence-electron chi connectivity index (χ1n) is 9.31. The van der Waals surface area contributed by atoms with Crippen LogP contribution in [0, 0.1) is 0 Å². The minimum Gasteiger partial charge on any atom is -0.374 e. The third-order valence-electron chi connectivity index (χ3n) is 5.01. The Hall–Kier alpha value is -2.76. The Labute approximate surface area is 158 Å². The molecule has 1 atom stereocenters. The van der Waals surface area contributed by atoms with Crippen molar-refractivity contribution in [2.24, 2.45) is 5.73 Å². The highest BCUT2D eigenvalue weighted by Gasteiger charge is 2.24. The van der Waals surface area contributed by atoms with Crippen molar-refractivity contribution in [3.8, 4) is 11.1 Å². The van der Waals surface area contributed by atoms with Crippen molar-refractivity contribution in [1.82, 2.24) is 9.88 Å². The first kappa shape index (κ1) is 17.6. The number of hydrogen-bond acceptors (Lipinski definition) is 4. The van der Waals surface area contributed by atoms with E-state index in [1.165, 1.54) is 0 Å². The predicted octanol–water partition coefficient (Wildman–Crippen LogP) is 3.09. The van der Waals surface area contributed by atoms with E-state index in [-0.39, 0.29) is 12.0 Å². The van der Waals surface area contributed by atoms with Gasteiger partial charge in [-0.15, -0.1) is 0 Å². The van der Waals surface area contributed by atoms with Gasteiger partial charge in [-0.1, -0.05) is 30.3 Å². The number of rotatable bonds is 4. The summed E-state index contributed by atoms with van der Waals surface area (Å²) in [6, 6.07) is 17.9. The summed E-state index contributed by atoms with van der Waals surface area (Å²) < 4.78 is 5.67. The lowest BCUT2D eigenvalue weighted by atomic mass is 10.00. The molecule has 1 aliphatic heterocycles. The molecule has 3 aromatic rings. The summed E-state index contributed by atoms with van der Waals surface area (Å²) in [5.74, 6) is 0.0476. The van der Waals surface area contributed by atoms with Crippen LogP contribution >= 0.6 is 0 Å². The second kappa shape index (κ2) is 7.86. The molecule has 2 aromatic carbocycles. The first-order valence-corrected chi connectivity index (χ1v) is 9.31. The fraction of sp³-hybridized carbons (Fsp3) is 0.273. The molecule has 0 aliphatic carbocycles. The van der Waals surface area contributed by atoms with E-state index in [4.69, 9.17) is 10.5 Å². The molecule has 0 radical (unpaired) electrons.